The van der Waals surface area contributed by atoms with Crippen molar-refractivity contribution in [1.29, 1.82) is 0 Å². The van der Waals surface area contributed by atoms with Gasteiger partial charge in [0, 0.05) is 18.0 Å². The van der Waals surface area contributed by atoms with Crippen LogP contribution >= 0.6 is 0 Å². The van der Waals surface area contributed by atoms with Gasteiger partial charge in [0.1, 0.15) is 5.75 Å². The fourth-order valence-electron chi connectivity index (χ4n) is 1.82. The monoisotopic (exact) mass is 242 g/mol. The van der Waals surface area contributed by atoms with E-state index in [9.17, 15) is 5.11 Å². The van der Waals surface area contributed by atoms with Crippen LogP contribution in [0.5, 0.6) is 5.75 Å². The van der Waals surface area contributed by atoms with Crippen molar-refractivity contribution in [1.82, 2.24) is 9.97 Å². The van der Waals surface area contributed by atoms with Gasteiger partial charge in [-0.05, 0) is 42.7 Å². The Bertz CT molecular complexity index is 477. The Balaban J connectivity index is 2.05. The van der Waals surface area contributed by atoms with Crippen LogP contribution in [0, 0.1) is 0 Å². The van der Waals surface area contributed by atoms with Crippen molar-refractivity contribution in [3.8, 4) is 17.1 Å². The molecule has 0 atom stereocenters. The molecule has 1 heterocycles. The minimum atomic E-state index is 0.259. The van der Waals surface area contributed by atoms with Gasteiger partial charge in [0.05, 0.1) is 0 Å². The molecule has 1 N–H and O–H groups in total. The average Bonchev–Trinajstić information content (AvgIpc) is 2.41. The normalized spacial score (nSPS) is 10.5. The maximum absolute atomic E-state index is 9.23. The number of aryl methyl sites for hydroxylation is 1. The van der Waals surface area contributed by atoms with Crippen molar-refractivity contribution >= 4 is 0 Å². The number of hydrogen-bond donors (Lipinski definition) is 1. The highest BCUT2D eigenvalue weighted by Crippen LogP contribution is 2.18. The zero-order chi connectivity index (χ0) is 12.8. The quantitative estimate of drug-likeness (QED) is 0.815. The fourth-order valence-corrected chi connectivity index (χ4v) is 1.82. The zero-order valence-corrected chi connectivity index (χ0v) is 10.6. The molecule has 2 rings (SSSR count). The molecule has 0 unspecified atom stereocenters. The summed E-state index contributed by atoms with van der Waals surface area (Å²) in [5.41, 5.74) is 2.11. The third-order valence-electron chi connectivity index (χ3n) is 2.90. The molecule has 0 aliphatic rings. The lowest BCUT2D eigenvalue weighted by atomic mass is 10.1. The molecule has 3 heteroatoms. The molecule has 3 nitrogen and oxygen atoms in total. The summed E-state index contributed by atoms with van der Waals surface area (Å²) in [7, 11) is 0. The van der Waals surface area contributed by atoms with Crippen molar-refractivity contribution < 1.29 is 5.11 Å². The zero-order valence-electron chi connectivity index (χ0n) is 10.6. The second-order valence-corrected chi connectivity index (χ2v) is 4.42. The highest BCUT2D eigenvalue weighted by Gasteiger charge is 2.01. The molecule has 1 aromatic heterocycles. The van der Waals surface area contributed by atoms with E-state index in [1.807, 2.05) is 24.5 Å². The second-order valence-electron chi connectivity index (χ2n) is 4.42. The Morgan fingerprint density at radius 1 is 1.00 bits per heavy atom. The molecule has 0 bridgehead atoms. The van der Waals surface area contributed by atoms with Crippen LogP contribution in [0.4, 0.5) is 0 Å². The number of phenolic OH excluding ortho intramolecular Hbond substituents is 1. The van der Waals surface area contributed by atoms with Gasteiger partial charge in [-0.3, -0.25) is 0 Å². The van der Waals surface area contributed by atoms with Gasteiger partial charge in [0.15, 0.2) is 5.82 Å². The number of benzene rings is 1. The Hall–Kier alpha value is -1.90. The summed E-state index contributed by atoms with van der Waals surface area (Å²) < 4.78 is 0. The first kappa shape index (κ1) is 12.6. The van der Waals surface area contributed by atoms with Crippen LogP contribution in [0.25, 0.3) is 11.4 Å². The first-order valence-corrected chi connectivity index (χ1v) is 6.40. The topological polar surface area (TPSA) is 46.0 Å². The van der Waals surface area contributed by atoms with Gasteiger partial charge in [0.25, 0.3) is 0 Å². The van der Waals surface area contributed by atoms with E-state index in [0.29, 0.717) is 5.82 Å². The Kier molecular flexibility index (Phi) is 4.29. The summed E-state index contributed by atoms with van der Waals surface area (Å²) in [6.45, 7) is 2.20. The lowest BCUT2D eigenvalue weighted by Gasteiger charge is -2.03. The summed E-state index contributed by atoms with van der Waals surface area (Å²) in [5.74, 6) is 0.962. The van der Waals surface area contributed by atoms with Crippen molar-refractivity contribution in [3.63, 3.8) is 0 Å². The third kappa shape index (κ3) is 3.29. The van der Waals surface area contributed by atoms with Gasteiger partial charge in [-0.2, -0.15) is 0 Å². The van der Waals surface area contributed by atoms with E-state index in [1.54, 1.807) is 12.1 Å². The van der Waals surface area contributed by atoms with Crippen LogP contribution in [0.1, 0.15) is 31.7 Å². The van der Waals surface area contributed by atoms with Crippen molar-refractivity contribution in [3.05, 3.63) is 42.2 Å². The van der Waals surface area contributed by atoms with Crippen LogP contribution < -0.4 is 0 Å². The molecule has 0 aliphatic heterocycles. The van der Waals surface area contributed by atoms with E-state index >= 15 is 0 Å². The van der Waals surface area contributed by atoms with Crippen LogP contribution in [0.15, 0.2) is 36.7 Å². The second kappa shape index (κ2) is 6.15. The molecule has 0 spiro atoms. The molecule has 1 aromatic carbocycles. The van der Waals surface area contributed by atoms with E-state index in [4.69, 9.17) is 0 Å². The van der Waals surface area contributed by atoms with Crippen LogP contribution in [0.3, 0.4) is 0 Å². The van der Waals surface area contributed by atoms with E-state index < -0.39 is 0 Å². The lowest BCUT2D eigenvalue weighted by Crippen LogP contribution is -1.92. The number of phenols is 1. The molecular weight excluding hydrogens is 224 g/mol. The largest absolute Gasteiger partial charge is 0.508 e. The van der Waals surface area contributed by atoms with E-state index in [0.717, 1.165) is 12.0 Å². The summed E-state index contributed by atoms with van der Waals surface area (Å²) in [6, 6.07) is 6.94. The highest BCUT2D eigenvalue weighted by atomic mass is 16.3. The molecule has 2 aromatic rings. The lowest BCUT2D eigenvalue weighted by molar-refractivity contribution is 0.475. The molecule has 0 radical (unpaired) electrons. The summed E-state index contributed by atoms with van der Waals surface area (Å²) in [4.78, 5) is 8.73. The molecule has 94 valence electrons. The molecule has 18 heavy (non-hydrogen) atoms. The minimum Gasteiger partial charge on any atom is -0.508 e. The number of aromatic hydroxyl groups is 1. The van der Waals surface area contributed by atoms with Crippen LogP contribution in [0.2, 0.25) is 0 Å². The van der Waals surface area contributed by atoms with Crippen LogP contribution in [-0.4, -0.2) is 15.1 Å². The maximum atomic E-state index is 9.23. The number of nitrogens with zero attached hydrogens (tertiary/aromatic N) is 2. The van der Waals surface area contributed by atoms with Crippen LogP contribution in [-0.2, 0) is 6.42 Å². The molecule has 0 saturated carbocycles. The third-order valence-corrected chi connectivity index (χ3v) is 2.90. The predicted molar refractivity (Wildman–Crippen MR) is 72.4 cm³/mol. The standard InChI is InChI=1S/C15H18N2O/c1-2-3-4-5-12-10-16-15(17-11-12)13-6-8-14(18)9-7-13/h6-11,18H,2-5H2,1H3. The van der Waals surface area contributed by atoms with Gasteiger partial charge in [-0.1, -0.05) is 19.8 Å². The van der Waals surface area contributed by atoms with Gasteiger partial charge in [-0.15, -0.1) is 0 Å². The summed E-state index contributed by atoms with van der Waals surface area (Å²) >= 11 is 0. The van der Waals surface area contributed by atoms with E-state index in [2.05, 4.69) is 16.9 Å². The number of unbranched alkanes of at least 4 members (excludes halogenated alkanes) is 2. The van der Waals surface area contributed by atoms with Crippen molar-refractivity contribution in [2.75, 3.05) is 0 Å². The van der Waals surface area contributed by atoms with E-state index in [1.165, 1.54) is 24.8 Å². The number of hydrogen-bond acceptors (Lipinski definition) is 3. The first-order valence-electron chi connectivity index (χ1n) is 6.40. The molecule has 0 fully saturated rings. The van der Waals surface area contributed by atoms with Gasteiger partial charge in [-0.25, -0.2) is 9.97 Å². The van der Waals surface area contributed by atoms with Crippen molar-refractivity contribution in [2.24, 2.45) is 0 Å². The number of aromatic nitrogens is 2. The summed E-state index contributed by atoms with van der Waals surface area (Å²) in [5, 5.41) is 9.23. The van der Waals surface area contributed by atoms with E-state index in [-0.39, 0.29) is 5.75 Å². The maximum Gasteiger partial charge on any atom is 0.159 e. The predicted octanol–water partition coefficient (Wildman–Crippen LogP) is 3.58. The molecule has 0 saturated heterocycles. The summed E-state index contributed by atoms with van der Waals surface area (Å²) in [6.07, 6.45) is 8.50. The number of rotatable bonds is 5. The Labute approximate surface area is 108 Å². The SMILES string of the molecule is CCCCCc1cnc(-c2ccc(O)cc2)nc1. The smallest absolute Gasteiger partial charge is 0.159 e. The van der Waals surface area contributed by atoms with Gasteiger partial charge < -0.3 is 5.11 Å². The molecular formula is C15H18N2O. The van der Waals surface area contributed by atoms with Gasteiger partial charge >= 0.3 is 0 Å². The highest BCUT2D eigenvalue weighted by molar-refractivity contribution is 5.55. The molecule has 0 aliphatic carbocycles. The molecule has 0 amide bonds. The minimum absolute atomic E-state index is 0.259. The van der Waals surface area contributed by atoms with Crippen molar-refractivity contribution in [2.45, 2.75) is 32.6 Å². The first-order chi connectivity index (χ1) is 8.79. The average molecular weight is 242 g/mol. The fraction of sp³-hybridized carbons (Fsp3) is 0.333. The Morgan fingerprint density at radius 3 is 2.28 bits per heavy atom. The van der Waals surface area contributed by atoms with Gasteiger partial charge in [0.2, 0.25) is 0 Å². The Morgan fingerprint density at radius 2 is 1.67 bits per heavy atom.